The Bertz CT molecular complexity index is 962. The number of hydrogen-bond acceptors (Lipinski definition) is 3. The molecule has 0 aromatic heterocycles. The van der Waals surface area contributed by atoms with Gasteiger partial charge in [-0.05, 0) is 37.5 Å². The van der Waals surface area contributed by atoms with Crippen LogP contribution < -0.4 is 10.1 Å². The highest BCUT2D eigenvalue weighted by atomic mass is 19.3. The summed E-state index contributed by atoms with van der Waals surface area (Å²) in [7, 11) is 0. The molecule has 7 heteroatoms. The number of ether oxygens (including phenoxy) is 1. The maximum atomic E-state index is 13.0. The van der Waals surface area contributed by atoms with Gasteiger partial charge < -0.3 is 15.0 Å². The van der Waals surface area contributed by atoms with Gasteiger partial charge in [-0.3, -0.25) is 9.59 Å². The summed E-state index contributed by atoms with van der Waals surface area (Å²) in [4.78, 5) is 27.4. The number of nitrogens with zero attached hydrogens (tertiary/aromatic N) is 1. The zero-order chi connectivity index (χ0) is 23.3. The van der Waals surface area contributed by atoms with Crippen LogP contribution in [-0.2, 0) is 10.2 Å². The number of piperidine rings is 1. The number of para-hydroxylation sites is 1. The van der Waals surface area contributed by atoms with Gasteiger partial charge in [-0.15, -0.1) is 0 Å². The number of carbonyl (C=O) groups is 2. The van der Waals surface area contributed by atoms with Crippen LogP contribution >= 0.6 is 0 Å². The van der Waals surface area contributed by atoms with Crippen molar-refractivity contribution in [2.75, 3.05) is 19.6 Å². The zero-order valence-electron chi connectivity index (χ0n) is 18.7. The predicted octanol–water partition coefficient (Wildman–Crippen LogP) is 4.54. The van der Waals surface area contributed by atoms with Crippen molar-refractivity contribution in [2.45, 2.75) is 45.6 Å². The molecule has 172 valence electrons. The minimum Gasteiger partial charge on any atom is -0.434 e. The minimum absolute atomic E-state index is 0.0782. The number of hydrogen-bond donors (Lipinski definition) is 1. The average molecular weight is 445 g/mol. The SMILES string of the molecule is Cc1cccc(C(C)(C)CNC(=O)C2CCCN(C(=O)c3ccccc3OC(F)F)C2)c1. The Balaban J connectivity index is 1.63. The quantitative estimate of drug-likeness (QED) is 0.682. The van der Waals surface area contributed by atoms with Crippen molar-refractivity contribution in [3.05, 3.63) is 65.2 Å². The minimum atomic E-state index is -3.01. The lowest BCUT2D eigenvalue weighted by molar-refractivity contribution is -0.126. The first-order chi connectivity index (χ1) is 15.2. The maximum Gasteiger partial charge on any atom is 0.387 e. The van der Waals surface area contributed by atoms with Gasteiger partial charge in [0.15, 0.2) is 0 Å². The van der Waals surface area contributed by atoms with Gasteiger partial charge in [0, 0.05) is 25.0 Å². The molecule has 1 heterocycles. The molecule has 1 N–H and O–H groups in total. The number of rotatable bonds is 7. The summed E-state index contributed by atoms with van der Waals surface area (Å²) in [5.74, 6) is -0.998. The van der Waals surface area contributed by atoms with E-state index in [4.69, 9.17) is 0 Å². The Labute approximate surface area is 187 Å². The van der Waals surface area contributed by atoms with Gasteiger partial charge in [0.25, 0.3) is 5.91 Å². The lowest BCUT2D eigenvalue weighted by Gasteiger charge is -2.33. The van der Waals surface area contributed by atoms with Crippen molar-refractivity contribution in [3.63, 3.8) is 0 Å². The van der Waals surface area contributed by atoms with Gasteiger partial charge in [-0.2, -0.15) is 8.78 Å². The van der Waals surface area contributed by atoms with Crippen LogP contribution in [0.3, 0.4) is 0 Å². The van der Waals surface area contributed by atoms with Crippen LogP contribution in [0.25, 0.3) is 0 Å². The lowest BCUT2D eigenvalue weighted by atomic mass is 9.83. The third-order valence-corrected chi connectivity index (χ3v) is 5.92. The summed E-state index contributed by atoms with van der Waals surface area (Å²) in [6, 6.07) is 14.2. The van der Waals surface area contributed by atoms with Crippen LogP contribution in [0.4, 0.5) is 8.78 Å². The van der Waals surface area contributed by atoms with E-state index < -0.39 is 12.5 Å². The van der Waals surface area contributed by atoms with E-state index in [2.05, 4.69) is 36.0 Å². The summed E-state index contributed by atoms with van der Waals surface area (Å²) in [6.45, 7) is 4.39. The number of aryl methyl sites for hydroxylation is 1. The van der Waals surface area contributed by atoms with Crippen molar-refractivity contribution in [1.82, 2.24) is 10.2 Å². The molecule has 5 nitrogen and oxygen atoms in total. The summed E-state index contributed by atoms with van der Waals surface area (Å²) in [5.41, 5.74) is 2.15. The first kappa shape index (κ1) is 23.7. The fraction of sp³-hybridized carbons (Fsp3) is 0.440. The van der Waals surface area contributed by atoms with Crippen LogP contribution in [-0.4, -0.2) is 43.0 Å². The number of alkyl halides is 2. The molecule has 2 amide bonds. The van der Waals surface area contributed by atoms with Crippen LogP contribution in [0.2, 0.25) is 0 Å². The van der Waals surface area contributed by atoms with Crippen molar-refractivity contribution < 1.29 is 23.1 Å². The molecule has 2 aromatic carbocycles. The van der Waals surface area contributed by atoms with E-state index in [1.165, 1.54) is 23.8 Å². The van der Waals surface area contributed by atoms with E-state index >= 15 is 0 Å². The van der Waals surface area contributed by atoms with Crippen molar-refractivity contribution in [2.24, 2.45) is 5.92 Å². The third-order valence-electron chi connectivity index (χ3n) is 5.92. The molecule has 1 aliphatic heterocycles. The zero-order valence-corrected chi connectivity index (χ0v) is 18.7. The number of nitrogens with one attached hydrogen (secondary N) is 1. The van der Waals surface area contributed by atoms with Gasteiger partial charge in [-0.25, -0.2) is 0 Å². The molecule has 0 spiro atoms. The highest BCUT2D eigenvalue weighted by Crippen LogP contribution is 2.26. The molecule has 1 fully saturated rings. The molecule has 1 aliphatic rings. The Hall–Kier alpha value is -2.96. The normalized spacial score (nSPS) is 16.7. The predicted molar refractivity (Wildman–Crippen MR) is 119 cm³/mol. The Kier molecular flexibility index (Phi) is 7.48. The molecule has 0 radical (unpaired) electrons. The molecular weight excluding hydrogens is 414 g/mol. The van der Waals surface area contributed by atoms with E-state index in [0.29, 0.717) is 25.9 Å². The molecule has 0 aliphatic carbocycles. The van der Waals surface area contributed by atoms with Crippen molar-refractivity contribution in [3.8, 4) is 5.75 Å². The number of benzene rings is 2. The van der Waals surface area contributed by atoms with Gasteiger partial charge in [0.1, 0.15) is 5.75 Å². The number of carbonyl (C=O) groups excluding carboxylic acids is 2. The van der Waals surface area contributed by atoms with Crippen LogP contribution in [0, 0.1) is 12.8 Å². The van der Waals surface area contributed by atoms with Crippen molar-refractivity contribution >= 4 is 11.8 Å². The lowest BCUT2D eigenvalue weighted by Crippen LogP contribution is -2.47. The number of halogens is 2. The second-order valence-corrected chi connectivity index (χ2v) is 8.94. The molecule has 1 saturated heterocycles. The van der Waals surface area contributed by atoms with E-state index in [9.17, 15) is 18.4 Å². The molecule has 1 atom stereocenters. The fourth-order valence-corrected chi connectivity index (χ4v) is 4.01. The van der Waals surface area contributed by atoms with E-state index in [1.807, 2.05) is 19.1 Å². The van der Waals surface area contributed by atoms with Gasteiger partial charge >= 0.3 is 6.61 Å². The first-order valence-electron chi connectivity index (χ1n) is 10.9. The van der Waals surface area contributed by atoms with Gasteiger partial charge in [-0.1, -0.05) is 55.8 Å². The Morgan fingerprint density at radius 3 is 2.66 bits per heavy atom. The van der Waals surface area contributed by atoms with Crippen LogP contribution in [0.1, 0.15) is 48.2 Å². The highest BCUT2D eigenvalue weighted by Gasteiger charge is 2.31. The van der Waals surface area contributed by atoms with Gasteiger partial charge in [0.05, 0.1) is 11.5 Å². The maximum absolute atomic E-state index is 13.0. The molecule has 32 heavy (non-hydrogen) atoms. The van der Waals surface area contributed by atoms with Crippen molar-refractivity contribution in [1.29, 1.82) is 0 Å². The highest BCUT2D eigenvalue weighted by molar-refractivity contribution is 5.97. The standard InChI is InChI=1S/C25H30F2N2O3/c1-17-8-6-10-19(14-17)25(2,3)16-28-22(30)18-9-7-13-29(15-18)23(31)20-11-4-5-12-21(20)32-24(26)27/h4-6,8,10-12,14,18,24H,7,9,13,15-16H2,1-3H3,(H,28,30). The average Bonchev–Trinajstić information content (AvgIpc) is 2.77. The number of likely N-dealkylation sites (tertiary alicyclic amines) is 1. The van der Waals surface area contributed by atoms with E-state index in [1.54, 1.807) is 11.0 Å². The van der Waals surface area contributed by atoms with E-state index in [0.717, 1.165) is 5.56 Å². The topological polar surface area (TPSA) is 58.6 Å². The molecule has 0 saturated carbocycles. The molecular formula is C25H30F2N2O3. The Morgan fingerprint density at radius 2 is 1.94 bits per heavy atom. The summed E-state index contributed by atoms with van der Waals surface area (Å²) < 4.78 is 29.9. The van der Waals surface area contributed by atoms with Crippen LogP contribution in [0.15, 0.2) is 48.5 Å². The summed E-state index contributed by atoms with van der Waals surface area (Å²) in [6.07, 6.45) is 1.35. The third kappa shape index (κ3) is 5.84. The summed E-state index contributed by atoms with van der Waals surface area (Å²) in [5, 5.41) is 3.05. The fourth-order valence-electron chi connectivity index (χ4n) is 4.01. The molecule has 2 aromatic rings. The Morgan fingerprint density at radius 1 is 1.19 bits per heavy atom. The second kappa shape index (κ2) is 10.1. The van der Waals surface area contributed by atoms with Crippen LogP contribution in [0.5, 0.6) is 5.75 Å². The van der Waals surface area contributed by atoms with E-state index in [-0.39, 0.29) is 35.1 Å². The summed E-state index contributed by atoms with van der Waals surface area (Å²) >= 11 is 0. The molecule has 1 unspecified atom stereocenters. The smallest absolute Gasteiger partial charge is 0.387 e. The molecule has 0 bridgehead atoms. The first-order valence-corrected chi connectivity index (χ1v) is 10.9. The molecule has 3 rings (SSSR count). The largest absolute Gasteiger partial charge is 0.434 e. The second-order valence-electron chi connectivity index (χ2n) is 8.94. The monoisotopic (exact) mass is 444 g/mol. The van der Waals surface area contributed by atoms with Gasteiger partial charge in [0.2, 0.25) is 5.91 Å². The number of amides is 2.